The number of nitrogens with zero attached hydrogens (tertiary/aromatic N) is 2. The van der Waals surface area contributed by atoms with E-state index < -0.39 is 0 Å². The Balaban J connectivity index is 2.38. The van der Waals surface area contributed by atoms with Crippen molar-refractivity contribution in [2.45, 2.75) is 32.7 Å². The van der Waals surface area contributed by atoms with Crippen LogP contribution in [0.25, 0.3) is 0 Å². The number of nitriles is 1. The van der Waals surface area contributed by atoms with E-state index in [4.69, 9.17) is 5.26 Å². The monoisotopic (exact) mass is 246 g/mol. The predicted octanol–water partition coefficient (Wildman–Crippen LogP) is 1.67. The van der Waals surface area contributed by atoms with Crippen molar-refractivity contribution in [2.75, 3.05) is 11.9 Å². The van der Waals surface area contributed by atoms with Crippen LogP contribution in [0, 0.1) is 11.3 Å². The van der Waals surface area contributed by atoms with Crippen molar-refractivity contribution in [2.24, 2.45) is 0 Å². The molecule has 0 unspecified atom stereocenters. The lowest BCUT2D eigenvalue weighted by molar-refractivity contribution is -0.122. The Morgan fingerprint density at radius 1 is 1.44 bits per heavy atom. The Morgan fingerprint density at radius 2 is 2.17 bits per heavy atom. The van der Waals surface area contributed by atoms with Gasteiger partial charge in [-0.15, -0.1) is 0 Å². The summed E-state index contributed by atoms with van der Waals surface area (Å²) in [6, 6.07) is 7.12. The van der Waals surface area contributed by atoms with E-state index in [1.165, 1.54) is 0 Å². The van der Waals surface area contributed by atoms with Crippen LogP contribution in [0.5, 0.6) is 0 Å². The first-order valence-corrected chi connectivity index (χ1v) is 5.83. The maximum Gasteiger partial charge on any atom is 0.222 e. The molecular formula is C13H18N4O. The fourth-order valence-electron chi connectivity index (χ4n) is 1.38. The Labute approximate surface area is 107 Å². The summed E-state index contributed by atoms with van der Waals surface area (Å²) in [7, 11) is 0. The number of anilines is 1. The molecule has 0 aliphatic rings. The van der Waals surface area contributed by atoms with Crippen LogP contribution in [0.3, 0.4) is 0 Å². The zero-order valence-electron chi connectivity index (χ0n) is 10.9. The van der Waals surface area contributed by atoms with Gasteiger partial charge in [-0.2, -0.15) is 5.26 Å². The SMILES string of the molecule is CC(C)(C)NC(=O)CCNc1cccc(C#N)n1. The van der Waals surface area contributed by atoms with E-state index >= 15 is 0 Å². The molecule has 96 valence electrons. The van der Waals surface area contributed by atoms with Gasteiger partial charge in [-0.25, -0.2) is 4.98 Å². The van der Waals surface area contributed by atoms with E-state index in [-0.39, 0.29) is 11.4 Å². The Kier molecular flexibility index (Phi) is 4.67. The Hall–Kier alpha value is -2.09. The summed E-state index contributed by atoms with van der Waals surface area (Å²) in [6.45, 7) is 6.31. The largest absolute Gasteiger partial charge is 0.370 e. The summed E-state index contributed by atoms with van der Waals surface area (Å²) in [4.78, 5) is 15.6. The summed E-state index contributed by atoms with van der Waals surface area (Å²) < 4.78 is 0. The molecule has 0 saturated heterocycles. The van der Waals surface area contributed by atoms with E-state index in [9.17, 15) is 4.79 Å². The van der Waals surface area contributed by atoms with Gasteiger partial charge in [0.2, 0.25) is 5.91 Å². The molecule has 1 amide bonds. The molecule has 0 atom stereocenters. The van der Waals surface area contributed by atoms with Crippen molar-refractivity contribution in [3.05, 3.63) is 23.9 Å². The van der Waals surface area contributed by atoms with Crippen molar-refractivity contribution >= 4 is 11.7 Å². The van der Waals surface area contributed by atoms with Crippen molar-refractivity contribution in [1.82, 2.24) is 10.3 Å². The quantitative estimate of drug-likeness (QED) is 0.847. The summed E-state index contributed by atoms with van der Waals surface area (Å²) in [6.07, 6.45) is 0.371. The molecule has 0 bridgehead atoms. The second kappa shape index (κ2) is 6.01. The van der Waals surface area contributed by atoms with Crippen LogP contribution in [0.2, 0.25) is 0 Å². The molecule has 0 aliphatic heterocycles. The van der Waals surface area contributed by atoms with Gasteiger partial charge in [-0.05, 0) is 32.9 Å². The van der Waals surface area contributed by atoms with Gasteiger partial charge in [0, 0.05) is 18.5 Å². The Bertz CT molecular complexity index is 457. The average Bonchev–Trinajstić information content (AvgIpc) is 2.27. The molecule has 1 aromatic rings. The molecule has 1 aromatic heterocycles. The topological polar surface area (TPSA) is 77.8 Å². The van der Waals surface area contributed by atoms with Gasteiger partial charge in [-0.3, -0.25) is 4.79 Å². The maximum atomic E-state index is 11.5. The number of hydrogen-bond acceptors (Lipinski definition) is 4. The first kappa shape index (κ1) is 14.0. The highest BCUT2D eigenvalue weighted by molar-refractivity contribution is 5.77. The van der Waals surface area contributed by atoms with Crippen molar-refractivity contribution in [3.8, 4) is 6.07 Å². The van der Waals surface area contributed by atoms with Crippen molar-refractivity contribution in [1.29, 1.82) is 5.26 Å². The highest BCUT2D eigenvalue weighted by Crippen LogP contribution is 2.04. The molecule has 1 heterocycles. The fourth-order valence-corrected chi connectivity index (χ4v) is 1.38. The summed E-state index contributed by atoms with van der Waals surface area (Å²) in [5.41, 5.74) is 0.148. The third-order valence-electron chi connectivity index (χ3n) is 2.04. The van der Waals surface area contributed by atoms with Gasteiger partial charge in [-0.1, -0.05) is 6.07 Å². The highest BCUT2D eigenvalue weighted by Gasteiger charge is 2.12. The van der Waals surface area contributed by atoms with E-state index in [1.807, 2.05) is 26.8 Å². The third-order valence-corrected chi connectivity index (χ3v) is 2.04. The van der Waals surface area contributed by atoms with Crippen LogP contribution >= 0.6 is 0 Å². The standard InChI is InChI=1S/C13H18N4O/c1-13(2,3)17-12(18)7-8-15-11-6-4-5-10(9-14)16-11/h4-6H,7-8H2,1-3H3,(H,15,16)(H,17,18). The number of aromatic nitrogens is 1. The average molecular weight is 246 g/mol. The minimum Gasteiger partial charge on any atom is -0.370 e. The lowest BCUT2D eigenvalue weighted by Gasteiger charge is -2.20. The number of nitrogens with one attached hydrogen (secondary N) is 2. The molecule has 0 saturated carbocycles. The van der Waals surface area contributed by atoms with Crippen LogP contribution in [0.1, 0.15) is 32.9 Å². The fraction of sp³-hybridized carbons (Fsp3) is 0.462. The normalized spacial score (nSPS) is 10.6. The lowest BCUT2D eigenvalue weighted by Crippen LogP contribution is -2.41. The summed E-state index contributed by atoms with van der Waals surface area (Å²) >= 11 is 0. The van der Waals surface area contributed by atoms with Crippen LogP contribution in [0.15, 0.2) is 18.2 Å². The molecular weight excluding hydrogens is 228 g/mol. The number of carbonyl (C=O) groups excluding carboxylic acids is 1. The van der Waals surface area contributed by atoms with Crippen LogP contribution in [-0.4, -0.2) is 23.0 Å². The second-order valence-corrected chi connectivity index (χ2v) is 4.99. The number of hydrogen-bond donors (Lipinski definition) is 2. The maximum absolute atomic E-state index is 11.5. The molecule has 0 spiro atoms. The number of carbonyl (C=O) groups is 1. The number of rotatable bonds is 4. The van der Waals surface area contributed by atoms with E-state index in [0.717, 1.165) is 0 Å². The number of pyridine rings is 1. The molecule has 1 rings (SSSR count). The predicted molar refractivity (Wildman–Crippen MR) is 70.0 cm³/mol. The van der Waals surface area contributed by atoms with Gasteiger partial charge >= 0.3 is 0 Å². The van der Waals surface area contributed by atoms with Gasteiger partial charge in [0.05, 0.1) is 0 Å². The molecule has 0 fully saturated rings. The minimum absolute atomic E-state index is 0.00793. The van der Waals surface area contributed by atoms with Crippen LogP contribution in [-0.2, 0) is 4.79 Å². The van der Waals surface area contributed by atoms with E-state index in [2.05, 4.69) is 15.6 Å². The highest BCUT2D eigenvalue weighted by atomic mass is 16.1. The number of amides is 1. The third kappa shape index (κ3) is 5.30. The van der Waals surface area contributed by atoms with Gasteiger partial charge in [0.15, 0.2) is 0 Å². The molecule has 5 nitrogen and oxygen atoms in total. The molecule has 2 N–H and O–H groups in total. The van der Waals surface area contributed by atoms with Crippen LogP contribution in [0.4, 0.5) is 5.82 Å². The first-order chi connectivity index (χ1) is 8.40. The zero-order valence-corrected chi connectivity index (χ0v) is 10.9. The van der Waals surface area contributed by atoms with Gasteiger partial charge < -0.3 is 10.6 Å². The van der Waals surface area contributed by atoms with E-state index in [1.54, 1.807) is 18.2 Å². The van der Waals surface area contributed by atoms with E-state index in [0.29, 0.717) is 24.5 Å². The second-order valence-electron chi connectivity index (χ2n) is 4.99. The molecule has 0 aromatic carbocycles. The van der Waals surface area contributed by atoms with Crippen molar-refractivity contribution < 1.29 is 4.79 Å². The Morgan fingerprint density at radius 3 is 2.78 bits per heavy atom. The smallest absolute Gasteiger partial charge is 0.222 e. The zero-order chi connectivity index (χ0) is 13.6. The van der Waals surface area contributed by atoms with Gasteiger partial charge in [0.1, 0.15) is 17.6 Å². The van der Waals surface area contributed by atoms with Gasteiger partial charge in [0.25, 0.3) is 0 Å². The molecule has 0 radical (unpaired) electrons. The molecule has 5 heteroatoms. The first-order valence-electron chi connectivity index (χ1n) is 5.83. The summed E-state index contributed by atoms with van der Waals surface area (Å²) in [5.74, 6) is 0.601. The molecule has 0 aliphatic carbocycles. The lowest BCUT2D eigenvalue weighted by atomic mass is 10.1. The van der Waals surface area contributed by atoms with Crippen molar-refractivity contribution in [3.63, 3.8) is 0 Å². The summed E-state index contributed by atoms with van der Waals surface area (Å²) in [5, 5.41) is 14.6. The minimum atomic E-state index is -0.212. The molecule has 18 heavy (non-hydrogen) atoms. The van der Waals surface area contributed by atoms with Crippen LogP contribution < -0.4 is 10.6 Å².